The number of imidazole rings is 1. The molecule has 1 aromatic carbocycles. The van der Waals surface area contributed by atoms with Crippen LogP contribution in [-0.4, -0.2) is 62.2 Å². The van der Waals surface area contributed by atoms with Crippen molar-refractivity contribution < 1.29 is 19.2 Å². The van der Waals surface area contributed by atoms with Gasteiger partial charge in [0.1, 0.15) is 0 Å². The molecule has 30 heavy (non-hydrogen) atoms. The molecule has 8 nitrogen and oxygen atoms in total. The second-order valence-corrected chi connectivity index (χ2v) is 8.16. The van der Waals surface area contributed by atoms with Crippen LogP contribution < -0.4 is 5.32 Å². The van der Waals surface area contributed by atoms with Gasteiger partial charge in [0.2, 0.25) is 11.7 Å². The Kier molecular flexibility index (Phi) is 5.03. The molecule has 1 N–H and O–H groups in total. The molecule has 2 aromatic rings. The fraction of sp³-hybridized carbons (Fsp3) is 0.250. The first-order chi connectivity index (χ1) is 14.0. The molecular weight excluding hydrogens is 428 g/mol. The van der Waals surface area contributed by atoms with Crippen LogP contribution in [0.2, 0.25) is 0 Å². The number of halogens is 1. The number of carbonyl (C=O) groups excluding carboxylic acids is 4. The summed E-state index contributed by atoms with van der Waals surface area (Å²) in [6.07, 6.45) is 5.05. The number of carbonyl (C=O) groups is 4. The highest BCUT2D eigenvalue weighted by molar-refractivity contribution is 8.04. The van der Waals surface area contributed by atoms with Crippen LogP contribution in [0.25, 0.3) is 0 Å². The van der Waals surface area contributed by atoms with E-state index in [-0.39, 0.29) is 64.1 Å². The predicted octanol–water partition coefficient (Wildman–Crippen LogP) is 1.08. The summed E-state index contributed by atoms with van der Waals surface area (Å²) < 4.78 is 1.81. The topological polar surface area (TPSA) is 101 Å². The second-order valence-electron chi connectivity index (χ2n) is 7.18. The van der Waals surface area contributed by atoms with Crippen LogP contribution in [-0.2, 0) is 16.1 Å². The third-order valence-corrected chi connectivity index (χ3v) is 6.72. The van der Waals surface area contributed by atoms with Crippen LogP contribution in [0.15, 0.2) is 53.5 Å². The highest BCUT2D eigenvalue weighted by Gasteiger charge is 2.58. The Morgan fingerprint density at radius 2 is 1.80 bits per heavy atom. The van der Waals surface area contributed by atoms with E-state index >= 15 is 0 Å². The van der Waals surface area contributed by atoms with Crippen LogP contribution >= 0.6 is 24.2 Å². The molecular formula is C20H17ClN4O4S. The van der Waals surface area contributed by atoms with Crippen molar-refractivity contribution >= 4 is 47.5 Å². The average Bonchev–Trinajstić information content (AvgIpc) is 3.37. The smallest absolute Gasteiger partial charge is 0.254 e. The summed E-state index contributed by atoms with van der Waals surface area (Å²) in [6.45, 7) is 0.696. The first-order valence-electron chi connectivity index (χ1n) is 9.13. The first kappa shape index (κ1) is 20.4. The van der Waals surface area contributed by atoms with Crippen molar-refractivity contribution in [3.63, 3.8) is 0 Å². The maximum absolute atomic E-state index is 13.4. The summed E-state index contributed by atoms with van der Waals surface area (Å²) in [5.41, 5.74) is -0.773. The molecule has 0 radical (unpaired) electrons. The van der Waals surface area contributed by atoms with Gasteiger partial charge >= 0.3 is 0 Å². The number of piperazine rings is 1. The Hall–Kier alpha value is -2.91. The number of hydrogen-bond donors (Lipinski definition) is 1. The first-order valence-corrected chi connectivity index (χ1v) is 10.1. The number of nitrogens with zero attached hydrogens (tertiary/aromatic N) is 3. The Morgan fingerprint density at radius 3 is 2.50 bits per heavy atom. The molecule has 1 spiro atoms. The van der Waals surface area contributed by atoms with E-state index in [0.29, 0.717) is 18.7 Å². The molecule has 1 atom stereocenters. The lowest BCUT2D eigenvalue weighted by Crippen LogP contribution is -2.69. The van der Waals surface area contributed by atoms with Crippen LogP contribution in [0.3, 0.4) is 0 Å². The van der Waals surface area contributed by atoms with Crippen molar-refractivity contribution in [2.45, 2.75) is 12.1 Å². The number of benzene rings is 1. The Balaban J connectivity index is 0.00000218. The molecule has 154 valence electrons. The van der Waals surface area contributed by atoms with Gasteiger partial charge in [-0.2, -0.15) is 0 Å². The van der Waals surface area contributed by atoms with E-state index in [1.54, 1.807) is 43.0 Å². The number of rotatable bonds is 3. The Labute approximate surface area is 182 Å². The van der Waals surface area contributed by atoms with Crippen molar-refractivity contribution in [1.29, 1.82) is 0 Å². The van der Waals surface area contributed by atoms with Gasteiger partial charge in [0, 0.05) is 42.4 Å². The van der Waals surface area contributed by atoms with Gasteiger partial charge in [0.15, 0.2) is 11.3 Å². The van der Waals surface area contributed by atoms with Gasteiger partial charge < -0.3 is 14.8 Å². The zero-order valence-corrected chi connectivity index (χ0v) is 17.3. The summed E-state index contributed by atoms with van der Waals surface area (Å²) in [5, 5.41) is 2.74. The van der Waals surface area contributed by atoms with Crippen molar-refractivity contribution in [3.8, 4) is 0 Å². The summed E-state index contributed by atoms with van der Waals surface area (Å²) in [6, 6.07) is 6.59. The van der Waals surface area contributed by atoms with Crippen molar-refractivity contribution in [2.24, 2.45) is 0 Å². The molecule has 1 saturated heterocycles. The largest absolute Gasteiger partial charge is 0.336 e. The normalized spacial score (nSPS) is 22.7. The van der Waals surface area contributed by atoms with Crippen LogP contribution in [0.1, 0.15) is 20.7 Å². The lowest BCUT2D eigenvalue weighted by Gasteiger charge is -2.41. The number of fused-ring (bicyclic) bond motifs is 2. The van der Waals surface area contributed by atoms with E-state index in [1.165, 1.54) is 4.90 Å². The maximum Gasteiger partial charge on any atom is 0.254 e. The SMILES string of the molecule is Cl.O=C1CN(CCn2ccnc2)C(=O)C2(CSC3=C2C(=O)c2ccccc2C3=O)N1. The third-order valence-electron chi connectivity index (χ3n) is 5.46. The quantitative estimate of drug-likeness (QED) is 0.760. The van der Waals surface area contributed by atoms with Gasteiger partial charge in [0.25, 0.3) is 5.91 Å². The molecule has 1 unspecified atom stereocenters. The van der Waals surface area contributed by atoms with Gasteiger partial charge in [-0.05, 0) is 0 Å². The fourth-order valence-corrected chi connectivity index (χ4v) is 5.43. The fourth-order valence-electron chi connectivity index (χ4n) is 4.08. The summed E-state index contributed by atoms with van der Waals surface area (Å²) in [7, 11) is 0. The molecule has 1 aromatic heterocycles. The van der Waals surface area contributed by atoms with Gasteiger partial charge in [-0.25, -0.2) is 4.98 Å². The van der Waals surface area contributed by atoms with Gasteiger partial charge in [-0.1, -0.05) is 24.3 Å². The lowest BCUT2D eigenvalue weighted by atomic mass is 9.78. The summed E-state index contributed by atoms with van der Waals surface area (Å²) in [4.78, 5) is 57.8. The Morgan fingerprint density at radius 1 is 1.07 bits per heavy atom. The van der Waals surface area contributed by atoms with Gasteiger partial charge in [0.05, 0.1) is 23.4 Å². The number of nitrogens with one attached hydrogen (secondary N) is 1. The zero-order valence-electron chi connectivity index (χ0n) is 15.7. The molecule has 0 bridgehead atoms. The number of allylic oxidation sites excluding steroid dienone is 1. The minimum absolute atomic E-state index is 0. The monoisotopic (exact) mass is 444 g/mol. The molecule has 3 aliphatic rings. The lowest BCUT2D eigenvalue weighted by molar-refractivity contribution is -0.147. The van der Waals surface area contributed by atoms with E-state index in [2.05, 4.69) is 10.3 Å². The molecule has 1 fully saturated rings. The predicted molar refractivity (Wildman–Crippen MR) is 112 cm³/mol. The van der Waals surface area contributed by atoms with E-state index in [0.717, 1.165) is 11.8 Å². The van der Waals surface area contributed by atoms with Crippen molar-refractivity contribution in [3.05, 3.63) is 64.6 Å². The van der Waals surface area contributed by atoms with Crippen LogP contribution in [0, 0.1) is 0 Å². The van der Waals surface area contributed by atoms with E-state index < -0.39 is 5.54 Å². The van der Waals surface area contributed by atoms with Crippen LogP contribution in [0.4, 0.5) is 0 Å². The average molecular weight is 445 g/mol. The van der Waals surface area contributed by atoms with Crippen molar-refractivity contribution in [1.82, 2.24) is 19.8 Å². The summed E-state index contributed by atoms with van der Waals surface area (Å²) in [5.74, 6) is -1.20. The molecule has 3 heterocycles. The number of hydrogen-bond acceptors (Lipinski definition) is 6. The molecule has 10 heteroatoms. The molecule has 1 aliphatic carbocycles. The summed E-state index contributed by atoms with van der Waals surface area (Å²) >= 11 is 1.16. The zero-order chi connectivity index (χ0) is 20.2. The molecule has 2 amide bonds. The van der Waals surface area contributed by atoms with E-state index in [9.17, 15) is 19.2 Å². The second kappa shape index (κ2) is 7.41. The van der Waals surface area contributed by atoms with E-state index in [1.807, 2.05) is 4.57 Å². The Bertz CT molecular complexity index is 1110. The number of aromatic nitrogens is 2. The van der Waals surface area contributed by atoms with Crippen LogP contribution in [0.5, 0.6) is 0 Å². The van der Waals surface area contributed by atoms with Crippen molar-refractivity contribution in [2.75, 3.05) is 18.8 Å². The molecule has 5 rings (SSSR count). The van der Waals surface area contributed by atoms with Gasteiger partial charge in [-0.3, -0.25) is 19.2 Å². The molecule has 0 saturated carbocycles. The minimum Gasteiger partial charge on any atom is -0.336 e. The van der Waals surface area contributed by atoms with Gasteiger partial charge in [-0.15, -0.1) is 24.2 Å². The maximum atomic E-state index is 13.4. The molecule has 2 aliphatic heterocycles. The number of amides is 2. The highest BCUT2D eigenvalue weighted by atomic mass is 35.5. The van der Waals surface area contributed by atoms with E-state index in [4.69, 9.17) is 0 Å². The highest BCUT2D eigenvalue weighted by Crippen LogP contribution is 2.46. The number of thioether (sulfide) groups is 1. The number of ketones is 2. The standard InChI is InChI=1S/C20H16N4O4S.ClH/c25-14-9-24(8-7-23-6-5-21-11-23)19(28)20(22-14)10-29-18-15(20)16(26)12-3-1-2-4-13(12)17(18)27;/h1-6,11H,7-10H2,(H,22,25);1H. The minimum atomic E-state index is -1.50. The number of Topliss-reactive ketones (excluding diaryl/α,β-unsaturated/α-hetero) is 2. The third kappa shape index (κ3) is 2.88.